The third kappa shape index (κ3) is 3.21. The van der Waals surface area contributed by atoms with E-state index in [0.717, 1.165) is 11.1 Å². The summed E-state index contributed by atoms with van der Waals surface area (Å²) in [5, 5.41) is 0.614. The molecule has 92 valence electrons. The average molecular weight is 259 g/mol. The molecule has 0 bridgehead atoms. The van der Waals surface area contributed by atoms with Crippen molar-refractivity contribution >= 4 is 17.4 Å². The summed E-state index contributed by atoms with van der Waals surface area (Å²) in [5.74, 6) is 0.103. The van der Waals surface area contributed by atoms with Crippen LogP contribution in [0.5, 0.6) is 0 Å². The second-order valence-electron chi connectivity index (χ2n) is 4.61. The molecule has 0 unspecified atom stereocenters. The summed E-state index contributed by atoms with van der Waals surface area (Å²) in [4.78, 5) is 12.2. The van der Waals surface area contributed by atoms with Crippen LogP contribution in [-0.4, -0.2) is 5.78 Å². The van der Waals surface area contributed by atoms with Gasteiger partial charge >= 0.3 is 0 Å². The van der Waals surface area contributed by atoms with E-state index in [1.54, 1.807) is 6.07 Å². The van der Waals surface area contributed by atoms with Crippen LogP contribution in [0.1, 0.15) is 27.0 Å². The van der Waals surface area contributed by atoms with E-state index in [1.807, 2.05) is 50.2 Å². The summed E-state index contributed by atoms with van der Waals surface area (Å²) < 4.78 is 0. The number of halogens is 1. The van der Waals surface area contributed by atoms with Gasteiger partial charge in [0.25, 0.3) is 0 Å². The van der Waals surface area contributed by atoms with E-state index in [9.17, 15) is 4.79 Å². The van der Waals surface area contributed by atoms with Crippen LogP contribution in [0.4, 0.5) is 0 Å². The number of aryl methyl sites for hydroxylation is 2. The number of Topliss-reactive ketones (excluding diaryl/α,β-unsaturated/α-hetero) is 1. The number of ketones is 1. The van der Waals surface area contributed by atoms with Crippen LogP contribution in [0.3, 0.4) is 0 Å². The number of hydrogen-bond donors (Lipinski definition) is 0. The van der Waals surface area contributed by atoms with Crippen LogP contribution in [0.25, 0.3) is 0 Å². The fraction of sp³-hybridized carbons (Fsp3) is 0.188. The van der Waals surface area contributed by atoms with Crippen molar-refractivity contribution in [3.8, 4) is 0 Å². The highest BCUT2D eigenvalue weighted by Crippen LogP contribution is 2.17. The molecule has 0 aromatic heterocycles. The molecule has 0 aliphatic carbocycles. The maximum Gasteiger partial charge on any atom is 0.167 e. The van der Waals surface area contributed by atoms with E-state index in [-0.39, 0.29) is 5.78 Å². The zero-order valence-electron chi connectivity index (χ0n) is 10.5. The molecule has 0 fully saturated rings. The lowest BCUT2D eigenvalue weighted by Gasteiger charge is -2.04. The maximum atomic E-state index is 12.2. The fourth-order valence-corrected chi connectivity index (χ4v) is 2.30. The Morgan fingerprint density at radius 1 is 1.06 bits per heavy atom. The summed E-state index contributed by atoms with van der Waals surface area (Å²) in [7, 11) is 0. The Balaban J connectivity index is 2.22. The highest BCUT2D eigenvalue weighted by Gasteiger charge is 2.08. The second-order valence-corrected chi connectivity index (χ2v) is 5.04. The first-order valence-corrected chi connectivity index (χ1v) is 6.28. The largest absolute Gasteiger partial charge is 0.294 e. The minimum Gasteiger partial charge on any atom is -0.294 e. The van der Waals surface area contributed by atoms with E-state index in [0.29, 0.717) is 17.0 Å². The minimum atomic E-state index is 0.103. The molecule has 0 aliphatic rings. The molecule has 0 spiro atoms. The summed E-state index contributed by atoms with van der Waals surface area (Å²) in [6, 6.07) is 13.5. The predicted molar refractivity (Wildman–Crippen MR) is 75.4 cm³/mol. The van der Waals surface area contributed by atoms with Crippen LogP contribution in [0.15, 0.2) is 42.5 Å². The van der Waals surface area contributed by atoms with Crippen molar-refractivity contribution < 1.29 is 4.79 Å². The molecule has 18 heavy (non-hydrogen) atoms. The van der Waals surface area contributed by atoms with Gasteiger partial charge in [0.15, 0.2) is 5.78 Å². The molecule has 2 aromatic carbocycles. The van der Waals surface area contributed by atoms with Crippen molar-refractivity contribution in [2.45, 2.75) is 20.3 Å². The molecule has 0 radical (unpaired) electrons. The van der Waals surface area contributed by atoms with Crippen molar-refractivity contribution in [2.75, 3.05) is 0 Å². The number of benzene rings is 2. The van der Waals surface area contributed by atoms with Gasteiger partial charge < -0.3 is 0 Å². The second kappa shape index (κ2) is 5.36. The van der Waals surface area contributed by atoms with Gasteiger partial charge in [0.05, 0.1) is 0 Å². The molecule has 0 saturated carbocycles. The Morgan fingerprint density at radius 2 is 1.83 bits per heavy atom. The average Bonchev–Trinajstić information content (AvgIpc) is 2.27. The van der Waals surface area contributed by atoms with Crippen LogP contribution in [0.2, 0.25) is 5.02 Å². The molecule has 0 aliphatic heterocycles. The molecular weight excluding hydrogens is 244 g/mol. The van der Waals surface area contributed by atoms with Gasteiger partial charge in [0, 0.05) is 17.0 Å². The Labute approximate surface area is 112 Å². The van der Waals surface area contributed by atoms with Crippen molar-refractivity contribution in [1.29, 1.82) is 0 Å². The van der Waals surface area contributed by atoms with Crippen molar-refractivity contribution in [2.24, 2.45) is 0 Å². The standard InChI is InChI=1S/C16H15ClO/c1-11-4-3-5-13(6-11)9-16(18)14-7-12(2)8-15(17)10-14/h3-8,10H,9H2,1-2H3. The number of carbonyl (C=O) groups is 1. The normalized spacial score (nSPS) is 10.4. The van der Waals surface area contributed by atoms with E-state index in [2.05, 4.69) is 0 Å². The molecule has 0 N–H and O–H groups in total. The highest BCUT2D eigenvalue weighted by atomic mass is 35.5. The number of carbonyl (C=O) groups excluding carboxylic acids is 1. The van der Waals surface area contributed by atoms with E-state index in [4.69, 9.17) is 11.6 Å². The van der Waals surface area contributed by atoms with Crippen LogP contribution in [0, 0.1) is 13.8 Å². The summed E-state index contributed by atoms with van der Waals surface area (Å²) in [5.41, 5.74) is 3.90. The van der Waals surface area contributed by atoms with Gasteiger partial charge in [-0.25, -0.2) is 0 Å². The van der Waals surface area contributed by atoms with E-state index in [1.165, 1.54) is 5.56 Å². The number of hydrogen-bond acceptors (Lipinski definition) is 1. The molecule has 1 nitrogen and oxygen atoms in total. The van der Waals surface area contributed by atoms with Gasteiger partial charge in [-0.2, -0.15) is 0 Å². The zero-order valence-corrected chi connectivity index (χ0v) is 11.3. The summed E-state index contributed by atoms with van der Waals surface area (Å²) >= 11 is 5.97. The van der Waals surface area contributed by atoms with Crippen molar-refractivity contribution in [1.82, 2.24) is 0 Å². The summed E-state index contributed by atoms with van der Waals surface area (Å²) in [6.07, 6.45) is 0.418. The molecular formula is C16H15ClO. The first-order valence-electron chi connectivity index (χ1n) is 5.90. The molecule has 2 aromatic rings. The topological polar surface area (TPSA) is 17.1 Å². The monoisotopic (exact) mass is 258 g/mol. The molecule has 2 rings (SSSR count). The first kappa shape index (κ1) is 12.8. The Hall–Kier alpha value is -1.60. The fourth-order valence-electron chi connectivity index (χ4n) is 2.01. The molecule has 0 amide bonds. The van der Waals surface area contributed by atoms with Crippen LogP contribution >= 0.6 is 11.6 Å². The molecule has 0 atom stereocenters. The lowest BCUT2D eigenvalue weighted by atomic mass is 10.0. The Kier molecular flexibility index (Phi) is 3.83. The van der Waals surface area contributed by atoms with Crippen molar-refractivity contribution in [3.63, 3.8) is 0 Å². The Bertz CT molecular complexity index is 567. The van der Waals surface area contributed by atoms with E-state index < -0.39 is 0 Å². The maximum absolute atomic E-state index is 12.2. The summed E-state index contributed by atoms with van der Waals surface area (Å²) in [6.45, 7) is 3.97. The third-order valence-corrected chi connectivity index (χ3v) is 3.03. The van der Waals surface area contributed by atoms with Gasteiger partial charge in [-0.3, -0.25) is 4.79 Å². The van der Waals surface area contributed by atoms with Gasteiger partial charge in [-0.1, -0.05) is 41.4 Å². The Morgan fingerprint density at radius 3 is 2.50 bits per heavy atom. The third-order valence-electron chi connectivity index (χ3n) is 2.81. The minimum absolute atomic E-state index is 0.103. The van der Waals surface area contributed by atoms with Crippen molar-refractivity contribution in [3.05, 3.63) is 69.7 Å². The molecule has 0 saturated heterocycles. The SMILES string of the molecule is Cc1cccc(CC(=O)c2cc(C)cc(Cl)c2)c1. The van der Waals surface area contributed by atoms with E-state index >= 15 is 0 Å². The smallest absolute Gasteiger partial charge is 0.167 e. The zero-order chi connectivity index (χ0) is 13.1. The predicted octanol–water partition coefficient (Wildman–Crippen LogP) is 4.38. The first-order chi connectivity index (χ1) is 8.54. The molecule has 2 heteroatoms. The lowest BCUT2D eigenvalue weighted by molar-refractivity contribution is 0.0993. The van der Waals surface area contributed by atoms with Gasteiger partial charge in [-0.15, -0.1) is 0 Å². The van der Waals surface area contributed by atoms with Crippen LogP contribution < -0.4 is 0 Å². The highest BCUT2D eigenvalue weighted by molar-refractivity contribution is 6.31. The van der Waals surface area contributed by atoms with Gasteiger partial charge in [0.2, 0.25) is 0 Å². The number of rotatable bonds is 3. The lowest BCUT2D eigenvalue weighted by Crippen LogP contribution is -2.04. The molecule has 0 heterocycles. The van der Waals surface area contributed by atoms with Gasteiger partial charge in [0.1, 0.15) is 0 Å². The van der Waals surface area contributed by atoms with Crippen LogP contribution in [-0.2, 0) is 6.42 Å². The quantitative estimate of drug-likeness (QED) is 0.747. The van der Waals surface area contributed by atoms with Gasteiger partial charge in [-0.05, 0) is 43.2 Å².